The molecule has 4 aromatic rings. The number of imidazole rings is 1. The Morgan fingerprint density at radius 1 is 1.06 bits per heavy atom. The summed E-state index contributed by atoms with van der Waals surface area (Å²) in [6, 6.07) is 10.2. The number of benzene rings is 1. The van der Waals surface area contributed by atoms with E-state index in [1.54, 1.807) is 0 Å². The highest BCUT2D eigenvalue weighted by molar-refractivity contribution is 7.15. The first-order valence-corrected chi connectivity index (χ1v) is 10.5. The summed E-state index contributed by atoms with van der Waals surface area (Å²) in [7, 11) is 2.92. The largest absolute Gasteiger partial charge is 0.332 e. The number of carbonyl (C=O) groups excluding carboxylic acids is 1. The van der Waals surface area contributed by atoms with Crippen LogP contribution in [0.25, 0.3) is 11.2 Å². The number of hydrogen-bond donors (Lipinski definition) is 1. The van der Waals surface area contributed by atoms with Crippen molar-refractivity contribution in [3.8, 4) is 0 Å². The molecule has 0 aliphatic rings. The van der Waals surface area contributed by atoms with Gasteiger partial charge in [-0.2, -0.15) is 0 Å². The van der Waals surface area contributed by atoms with Crippen molar-refractivity contribution in [2.75, 3.05) is 5.32 Å². The first kappa shape index (κ1) is 20.7. The highest BCUT2D eigenvalue weighted by Gasteiger charge is 2.16. The van der Waals surface area contributed by atoms with Crippen molar-refractivity contribution >= 4 is 33.5 Å². The molecule has 11 heteroatoms. The lowest BCUT2D eigenvalue weighted by Crippen LogP contribution is -2.37. The van der Waals surface area contributed by atoms with Gasteiger partial charge < -0.3 is 4.57 Å². The zero-order valence-corrected chi connectivity index (χ0v) is 17.9. The minimum Gasteiger partial charge on any atom is -0.315 e. The SMILES string of the molecule is Cn1c(=O)c2c(ncn2CC(=O)Nc2nnc(CCCc3ccccc3)s2)n(C)c1=O. The van der Waals surface area contributed by atoms with Crippen molar-refractivity contribution in [3.63, 3.8) is 0 Å². The third-order valence-electron chi connectivity index (χ3n) is 4.94. The van der Waals surface area contributed by atoms with Gasteiger partial charge in [-0.15, -0.1) is 10.2 Å². The van der Waals surface area contributed by atoms with Crippen molar-refractivity contribution < 1.29 is 4.79 Å². The lowest BCUT2D eigenvalue weighted by atomic mass is 10.1. The van der Waals surface area contributed by atoms with E-state index in [0.717, 1.165) is 28.8 Å². The molecule has 0 saturated heterocycles. The second kappa shape index (κ2) is 8.64. The van der Waals surface area contributed by atoms with E-state index < -0.39 is 11.2 Å². The van der Waals surface area contributed by atoms with Crippen LogP contribution in [0.2, 0.25) is 0 Å². The van der Waals surface area contributed by atoms with Gasteiger partial charge in [0.05, 0.1) is 6.33 Å². The number of carbonyl (C=O) groups is 1. The van der Waals surface area contributed by atoms with E-state index in [2.05, 4.69) is 32.6 Å². The predicted molar refractivity (Wildman–Crippen MR) is 117 cm³/mol. The van der Waals surface area contributed by atoms with Crippen LogP contribution in [0.3, 0.4) is 0 Å². The van der Waals surface area contributed by atoms with Crippen LogP contribution in [0.4, 0.5) is 5.13 Å². The number of aromatic nitrogens is 6. The Morgan fingerprint density at radius 2 is 1.84 bits per heavy atom. The Bertz CT molecular complexity index is 1350. The number of fused-ring (bicyclic) bond motifs is 1. The Labute approximate surface area is 180 Å². The number of rotatable bonds is 7. The van der Waals surface area contributed by atoms with E-state index in [1.165, 1.54) is 46.5 Å². The van der Waals surface area contributed by atoms with Gasteiger partial charge in [0, 0.05) is 20.5 Å². The standard InChI is InChI=1S/C20H21N7O3S/c1-25-17-16(18(29)26(2)20(25)30)27(12-21-17)11-14(28)22-19-24-23-15(31-19)10-6-9-13-7-4-3-5-8-13/h3-5,7-8,12H,6,9-11H2,1-2H3,(H,22,24,28). The molecule has 1 aromatic carbocycles. The molecule has 0 saturated carbocycles. The number of nitrogens with zero attached hydrogens (tertiary/aromatic N) is 6. The smallest absolute Gasteiger partial charge is 0.315 e. The molecule has 0 atom stereocenters. The Balaban J connectivity index is 1.40. The Hall–Kier alpha value is -3.60. The maximum absolute atomic E-state index is 12.5. The first-order valence-electron chi connectivity index (χ1n) is 9.71. The van der Waals surface area contributed by atoms with Gasteiger partial charge in [0.25, 0.3) is 5.56 Å². The van der Waals surface area contributed by atoms with Crippen molar-refractivity contribution in [2.45, 2.75) is 25.8 Å². The van der Waals surface area contributed by atoms with Gasteiger partial charge >= 0.3 is 5.69 Å². The molecular formula is C20H21N7O3S. The molecule has 3 heterocycles. The first-order chi connectivity index (χ1) is 14.9. The Morgan fingerprint density at radius 3 is 2.61 bits per heavy atom. The number of aryl methyl sites for hydroxylation is 3. The second-order valence-corrected chi connectivity index (χ2v) is 8.20. The Kier molecular flexibility index (Phi) is 5.76. The van der Waals surface area contributed by atoms with Crippen LogP contribution in [0.5, 0.6) is 0 Å². The molecule has 0 radical (unpaired) electrons. The van der Waals surface area contributed by atoms with Crippen LogP contribution in [-0.4, -0.2) is 34.8 Å². The van der Waals surface area contributed by atoms with Crippen molar-refractivity contribution in [1.82, 2.24) is 28.9 Å². The quantitative estimate of drug-likeness (QED) is 0.461. The maximum atomic E-state index is 12.5. The van der Waals surface area contributed by atoms with Gasteiger partial charge in [0.2, 0.25) is 11.0 Å². The van der Waals surface area contributed by atoms with Crippen LogP contribution in [0, 0.1) is 0 Å². The monoisotopic (exact) mass is 439 g/mol. The molecule has 0 fully saturated rings. The average molecular weight is 440 g/mol. The number of hydrogen-bond acceptors (Lipinski definition) is 7. The van der Waals surface area contributed by atoms with Crippen molar-refractivity contribution in [3.05, 3.63) is 68.1 Å². The van der Waals surface area contributed by atoms with Crippen molar-refractivity contribution in [2.24, 2.45) is 14.1 Å². The van der Waals surface area contributed by atoms with E-state index in [0.29, 0.717) is 5.13 Å². The third-order valence-corrected chi connectivity index (χ3v) is 5.84. The minimum atomic E-state index is -0.500. The summed E-state index contributed by atoms with van der Waals surface area (Å²) in [5.74, 6) is -0.359. The lowest BCUT2D eigenvalue weighted by Gasteiger charge is -2.06. The van der Waals surface area contributed by atoms with E-state index >= 15 is 0 Å². The predicted octanol–water partition coefficient (Wildman–Crippen LogP) is 1.10. The topological polar surface area (TPSA) is 117 Å². The van der Waals surface area contributed by atoms with Gasteiger partial charge in [-0.25, -0.2) is 9.78 Å². The molecule has 31 heavy (non-hydrogen) atoms. The molecule has 0 aliphatic heterocycles. The molecule has 10 nitrogen and oxygen atoms in total. The highest BCUT2D eigenvalue weighted by atomic mass is 32.1. The second-order valence-electron chi connectivity index (χ2n) is 7.14. The van der Waals surface area contributed by atoms with Crippen LogP contribution in [-0.2, 0) is 38.3 Å². The molecule has 160 valence electrons. The van der Waals surface area contributed by atoms with Crippen LogP contribution in [0.1, 0.15) is 17.0 Å². The van der Waals surface area contributed by atoms with Crippen molar-refractivity contribution in [1.29, 1.82) is 0 Å². The summed E-state index contributed by atoms with van der Waals surface area (Å²) in [4.78, 5) is 41.1. The average Bonchev–Trinajstić information content (AvgIpc) is 3.38. The van der Waals surface area contributed by atoms with Gasteiger partial charge in [-0.05, 0) is 18.4 Å². The number of amides is 1. The van der Waals surface area contributed by atoms with Gasteiger partial charge in [-0.3, -0.25) is 24.0 Å². The van der Waals surface area contributed by atoms with E-state index in [4.69, 9.17) is 0 Å². The zero-order valence-electron chi connectivity index (χ0n) is 17.1. The molecule has 0 bridgehead atoms. The summed E-state index contributed by atoms with van der Waals surface area (Å²) in [6.07, 6.45) is 4.04. The fourth-order valence-electron chi connectivity index (χ4n) is 3.32. The number of nitrogens with one attached hydrogen (secondary N) is 1. The highest BCUT2D eigenvalue weighted by Crippen LogP contribution is 2.18. The van der Waals surface area contributed by atoms with E-state index in [-0.39, 0.29) is 23.6 Å². The number of anilines is 1. The molecule has 1 N–H and O–H groups in total. The molecular weight excluding hydrogens is 418 g/mol. The van der Waals surface area contributed by atoms with Crippen LogP contribution < -0.4 is 16.6 Å². The lowest BCUT2D eigenvalue weighted by molar-refractivity contribution is -0.116. The molecule has 0 unspecified atom stereocenters. The van der Waals surface area contributed by atoms with Crippen LogP contribution >= 0.6 is 11.3 Å². The van der Waals surface area contributed by atoms with Crippen LogP contribution in [0.15, 0.2) is 46.2 Å². The van der Waals surface area contributed by atoms with E-state index in [9.17, 15) is 14.4 Å². The minimum absolute atomic E-state index is 0.132. The normalized spacial score (nSPS) is 11.2. The summed E-state index contributed by atoms with van der Waals surface area (Å²) in [5.41, 5.74) is 0.730. The third kappa shape index (κ3) is 4.31. The molecule has 0 aliphatic carbocycles. The molecule has 1 amide bonds. The summed E-state index contributed by atoms with van der Waals surface area (Å²) in [5, 5.41) is 12.1. The molecule has 4 rings (SSSR count). The summed E-state index contributed by atoms with van der Waals surface area (Å²) < 4.78 is 3.69. The fraction of sp³-hybridized carbons (Fsp3) is 0.300. The molecule has 0 spiro atoms. The van der Waals surface area contributed by atoms with Gasteiger partial charge in [0.1, 0.15) is 11.6 Å². The van der Waals surface area contributed by atoms with Gasteiger partial charge in [-0.1, -0.05) is 41.7 Å². The van der Waals surface area contributed by atoms with Gasteiger partial charge in [0.15, 0.2) is 11.2 Å². The van der Waals surface area contributed by atoms with E-state index in [1.807, 2.05) is 18.2 Å². The zero-order chi connectivity index (χ0) is 22.0. The summed E-state index contributed by atoms with van der Waals surface area (Å²) >= 11 is 1.33. The summed E-state index contributed by atoms with van der Waals surface area (Å²) in [6.45, 7) is -0.132. The fourth-order valence-corrected chi connectivity index (χ4v) is 4.12. The maximum Gasteiger partial charge on any atom is 0.332 e. The molecule has 3 aromatic heterocycles.